The predicted molar refractivity (Wildman–Crippen MR) is 300 cm³/mol. The lowest BCUT2D eigenvalue weighted by atomic mass is 9.85. The summed E-state index contributed by atoms with van der Waals surface area (Å²) in [6, 6.07) is 5.50. The number of carbonyl (C=O) groups is 9. The Morgan fingerprint density at radius 2 is 1.49 bits per heavy atom. The predicted octanol–water partition coefficient (Wildman–Crippen LogP) is 1.57. The number of fused-ring (bicyclic) bond motifs is 4. The van der Waals surface area contributed by atoms with E-state index in [9.17, 15) is 48.3 Å². The molecule has 8 rings (SSSR count). The number of aromatic nitrogens is 4. The number of primary amides is 1. The van der Waals surface area contributed by atoms with Gasteiger partial charge in [-0.1, -0.05) is 68.8 Å². The Balaban J connectivity index is 1.10. The number of aliphatic hydroxyl groups is 1. The number of nitrogens with one attached hydrogen (secondary N) is 7. The van der Waals surface area contributed by atoms with Crippen LogP contribution in [0.1, 0.15) is 103 Å². The van der Waals surface area contributed by atoms with Gasteiger partial charge in [-0.25, -0.2) is 4.98 Å². The van der Waals surface area contributed by atoms with E-state index in [0.29, 0.717) is 22.4 Å². The summed E-state index contributed by atoms with van der Waals surface area (Å²) >= 11 is 9.22. The summed E-state index contributed by atoms with van der Waals surface area (Å²) in [6.07, 6.45) is -2.50. The summed E-state index contributed by atoms with van der Waals surface area (Å²) in [6.45, 7) is 10.2. The fraction of sp³-hybridized carbons (Fsp3) is 0.426. The van der Waals surface area contributed by atoms with Gasteiger partial charge in [0.2, 0.25) is 53.2 Å². The topological polar surface area (TPSA) is 343 Å². The lowest BCUT2D eigenvalue weighted by molar-refractivity contribution is -0.144. The van der Waals surface area contributed by atoms with Gasteiger partial charge < -0.3 is 53.0 Å². The lowest BCUT2D eigenvalue weighted by Gasteiger charge is -2.35. The number of aryl methyl sites for hydroxylation is 3. The number of rotatable bonds is 10. The van der Waals surface area contributed by atoms with Crippen LogP contribution in [0.3, 0.4) is 0 Å². The van der Waals surface area contributed by atoms with Crippen LogP contribution in [-0.4, -0.2) is 145 Å². The molecule has 81 heavy (non-hydrogen) atoms. The molecule has 0 aliphatic carbocycles. The number of thiazole rings is 1. The Bertz CT molecular complexity index is 3310. The van der Waals surface area contributed by atoms with Crippen LogP contribution in [0, 0.1) is 33.1 Å². The molecule has 10 N–H and O–H groups in total. The van der Waals surface area contributed by atoms with Crippen LogP contribution in [0.5, 0.6) is 0 Å². The van der Waals surface area contributed by atoms with Gasteiger partial charge in [-0.05, 0) is 68.4 Å². The molecule has 24 nitrogen and oxygen atoms in total. The van der Waals surface area contributed by atoms with Crippen LogP contribution >= 0.6 is 34.3 Å². The van der Waals surface area contributed by atoms with Gasteiger partial charge in [0.15, 0.2) is 5.82 Å². The zero-order valence-corrected chi connectivity index (χ0v) is 47.9. The number of halogens is 1. The molecule has 0 bridgehead atoms. The van der Waals surface area contributed by atoms with E-state index >= 15 is 0 Å². The molecule has 0 saturated carbocycles. The molecular formula is C54H63ClN14O10S2. The molecule has 2 aromatic carbocycles. The molecule has 2 fully saturated rings. The maximum absolute atomic E-state index is 14.4. The molecule has 5 aromatic rings. The van der Waals surface area contributed by atoms with Gasteiger partial charge in [0.1, 0.15) is 47.1 Å². The van der Waals surface area contributed by atoms with Crippen molar-refractivity contribution in [2.75, 3.05) is 26.2 Å². The second-order valence-corrected chi connectivity index (χ2v) is 23.6. The number of hydrogen-bond acceptors (Lipinski definition) is 16. The van der Waals surface area contributed by atoms with Gasteiger partial charge in [0.05, 0.1) is 47.4 Å². The smallest absolute Gasteiger partial charge is 0.247 e. The third kappa shape index (κ3) is 13.6. The summed E-state index contributed by atoms with van der Waals surface area (Å²) in [5.74, 6) is -6.79. The lowest BCUT2D eigenvalue weighted by Crippen LogP contribution is -2.59. The summed E-state index contributed by atoms with van der Waals surface area (Å²) < 4.78 is 1.86. The standard InChI is InChI=1S/C54H63ClN14O10S2/c1-25-27(3)81-53-42(25)43(29-12-14-32(55)15-13-29)62-35(47-67-66-28(4)69(47)53)19-39(72)57-20-36-49(76)63-34(16-17-38(56)71)48(75)58-22-41(74)64-46(54(5,6)7)52(79)68-23-33(70)18-37(68)50(77)65-44(51(78)59-21-40(73)61-36)30-8-10-31(11-9-30)45-26(2)60-24-80-45/h8-15,24,33-37,44,46,70H,16-23H2,1-7H3,(H2,56,71)(H,57,72)(H,58,75)(H,59,78)(H,61,73)(H,63,76)(H,64,74)(H,65,77)/t33-,34+,35+,36-,37+,44-,46-/m1/s1. The second-order valence-electron chi connectivity index (χ2n) is 21.1. The van der Waals surface area contributed by atoms with Crippen molar-refractivity contribution in [1.29, 1.82) is 0 Å². The number of nitrogens with zero attached hydrogens (tertiary/aromatic N) is 6. The molecule has 6 heterocycles. The van der Waals surface area contributed by atoms with E-state index in [-0.39, 0.29) is 31.4 Å². The average molecular weight is 1170 g/mol. The molecule has 3 aliphatic rings. The van der Waals surface area contributed by atoms with Crippen molar-refractivity contribution in [1.82, 2.24) is 61.9 Å². The van der Waals surface area contributed by atoms with Crippen molar-refractivity contribution in [2.24, 2.45) is 16.1 Å². The molecule has 2 saturated heterocycles. The van der Waals surface area contributed by atoms with Crippen LogP contribution in [0.2, 0.25) is 5.02 Å². The van der Waals surface area contributed by atoms with Crippen molar-refractivity contribution in [3.63, 3.8) is 0 Å². The van der Waals surface area contributed by atoms with Crippen LogP contribution < -0.4 is 43.0 Å². The summed E-state index contributed by atoms with van der Waals surface area (Å²) in [5.41, 5.74) is 11.1. The Labute approximate surface area is 478 Å². The van der Waals surface area contributed by atoms with Gasteiger partial charge in [-0.3, -0.25) is 52.7 Å². The fourth-order valence-electron chi connectivity index (χ4n) is 9.72. The number of hydrogen-bond donors (Lipinski definition) is 9. The number of carbonyl (C=O) groups excluding carboxylic acids is 9. The highest BCUT2D eigenvalue weighted by Gasteiger charge is 2.46. The average Bonchev–Trinajstić information content (AvgIpc) is 4.29. The van der Waals surface area contributed by atoms with Crippen molar-refractivity contribution in [3.8, 4) is 15.4 Å². The maximum Gasteiger partial charge on any atom is 0.247 e. The van der Waals surface area contributed by atoms with Crippen LogP contribution in [-0.2, 0) is 43.2 Å². The summed E-state index contributed by atoms with van der Waals surface area (Å²) in [4.78, 5) is 138. The normalized spacial score (nSPS) is 22.5. The summed E-state index contributed by atoms with van der Waals surface area (Å²) in [5, 5.41) is 39.1. The Morgan fingerprint density at radius 3 is 2.15 bits per heavy atom. The van der Waals surface area contributed by atoms with Gasteiger partial charge in [0, 0.05) is 47.0 Å². The molecule has 9 amide bonds. The molecule has 3 aliphatic heterocycles. The highest BCUT2D eigenvalue weighted by Crippen LogP contribution is 2.40. The maximum atomic E-state index is 14.4. The van der Waals surface area contributed by atoms with Gasteiger partial charge in [-0.2, -0.15) is 0 Å². The van der Waals surface area contributed by atoms with E-state index in [1.807, 2.05) is 37.5 Å². The Kier molecular flexibility index (Phi) is 18.1. The van der Waals surface area contributed by atoms with E-state index in [0.717, 1.165) is 47.6 Å². The van der Waals surface area contributed by atoms with Crippen LogP contribution in [0.25, 0.3) is 15.4 Å². The van der Waals surface area contributed by atoms with Gasteiger partial charge in [0.25, 0.3) is 0 Å². The van der Waals surface area contributed by atoms with E-state index in [2.05, 4.69) is 52.4 Å². The third-order valence-corrected chi connectivity index (χ3v) is 16.6. The van der Waals surface area contributed by atoms with Crippen molar-refractivity contribution >= 4 is 93.2 Å². The minimum Gasteiger partial charge on any atom is -0.391 e. The molecule has 3 aromatic heterocycles. The largest absolute Gasteiger partial charge is 0.391 e. The SMILES string of the molecule is Cc1ncsc1-c1ccc([C@H]2NC(=O)[C@@H]3C[C@@H](O)CN3C(=O)[C@H](C(C)(C)C)NC(=O)CNC(=O)[C@H](CCC(N)=O)NC(=O)[C@@H](CNC(=O)C[C@@H]3N=C(c4ccc(Cl)cc4)c4c(sc(C)c4C)-n4c(C)nnc43)NC(=O)CNC2=O)cc1. The minimum absolute atomic E-state index is 0.223. The van der Waals surface area contributed by atoms with E-state index in [1.54, 1.807) is 69.6 Å². The number of nitrogens with two attached hydrogens (primary N) is 1. The quantitative estimate of drug-likeness (QED) is 0.0961. The number of thiophene rings is 1. The Morgan fingerprint density at radius 1 is 0.827 bits per heavy atom. The molecule has 0 radical (unpaired) electrons. The first-order chi connectivity index (χ1) is 38.4. The number of aliphatic hydroxyl groups excluding tert-OH is 1. The monoisotopic (exact) mass is 1170 g/mol. The highest BCUT2D eigenvalue weighted by molar-refractivity contribution is 7.15. The van der Waals surface area contributed by atoms with Crippen LogP contribution in [0.15, 0.2) is 59.0 Å². The van der Waals surface area contributed by atoms with E-state index < -0.39 is 127 Å². The fourth-order valence-corrected chi connectivity index (χ4v) is 11.9. The summed E-state index contributed by atoms with van der Waals surface area (Å²) in [7, 11) is 0. The minimum atomic E-state index is -1.66. The molecular weight excluding hydrogens is 1100 g/mol. The number of amides is 9. The van der Waals surface area contributed by atoms with Crippen molar-refractivity contribution in [2.45, 2.75) is 117 Å². The zero-order valence-electron chi connectivity index (χ0n) is 45.5. The second kappa shape index (κ2) is 24.8. The first kappa shape index (κ1) is 59.2. The van der Waals surface area contributed by atoms with E-state index in [1.165, 1.54) is 22.7 Å². The zero-order chi connectivity index (χ0) is 58.6. The molecule has 0 unspecified atom stereocenters. The molecule has 428 valence electrons. The van der Waals surface area contributed by atoms with Crippen LogP contribution in [0.4, 0.5) is 0 Å². The molecule has 0 spiro atoms. The van der Waals surface area contributed by atoms with Gasteiger partial charge >= 0.3 is 0 Å². The third-order valence-electron chi connectivity index (χ3n) is 14.1. The first-order valence-electron chi connectivity index (χ1n) is 26.0. The van der Waals surface area contributed by atoms with Crippen molar-refractivity contribution < 1.29 is 48.3 Å². The highest BCUT2D eigenvalue weighted by atomic mass is 35.5. The molecule has 27 heteroatoms. The Hall–Kier alpha value is -7.94. The van der Waals surface area contributed by atoms with E-state index in [4.69, 9.17) is 22.3 Å². The number of benzene rings is 2. The number of aliphatic imine (C=N–C) groups is 1. The van der Waals surface area contributed by atoms with Crippen molar-refractivity contribution in [3.05, 3.63) is 104 Å². The van der Waals surface area contributed by atoms with Gasteiger partial charge in [-0.15, -0.1) is 32.9 Å². The molecule has 7 atom stereocenters. The first-order valence-corrected chi connectivity index (χ1v) is 28.1.